The second-order valence-electron chi connectivity index (χ2n) is 5.85. The van der Waals surface area contributed by atoms with E-state index in [1.165, 1.54) is 48.8 Å². The maximum Gasteiger partial charge on any atom is 0.416 e. The number of alkyl halides is 6. The molecule has 0 atom stereocenters. The zero-order valence-electron chi connectivity index (χ0n) is 14.5. The monoisotopic (exact) mass is 410 g/mol. The molecule has 29 heavy (non-hydrogen) atoms. The van der Waals surface area contributed by atoms with Gasteiger partial charge in [0.2, 0.25) is 0 Å². The number of aliphatic imine (C=N–C) groups is 2. The molecule has 0 saturated heterocycles. The highest BCUT2D eigenvalue weighted by molar-refractivity contribution is 5.83. The molecular formula is C20H12F6N2O. The summed E-state index contributed by atoms with van der Waals surface area (Å²) in [6.07, 6.45) is -6.47. The van der Waals surface area contributed by atoms with Crippen LogP contribution in [0.1, 0.15) is 22.6 Å². The predicted molar refractivity (Wildman–Crippen MR) is 96.1 cm³/mol. The number of halogens is 6. The van der Waals surface area contributed by atoms with E-state index in [0.717, 1.165) is 24.3 Å². The van der Waals surface area contributed by atoms with Gasteiger partial charge in [0.05, 0.1) is 34.9 Å². The second kappa shape index (κ2) is 7.94. The Morgan fingerprint density at radius 3 is 1.41 bits per heavy atom. The largest absolute Gasteiger partial charge is 0.454 e. The molecule has 3 nitrogen and oxygen atoms in total. The standard InChI is InChI=1S/C20H12F6N2O/c21-19(22,23)13-3-1-5-15(9-13)27-11-17-7-8-18(29-17)12-28-16-6-2-4-14(10-16)20(24,25)26/h1-12H. The van der Waals surface area contributed by atoms with E-state index in [1.54, 1.807) is 0 Å². The Hall–Kier alpha value is -3.36. The molecule has 0 aliphatic rings. The Morgan fingerprint density at radius 2 is 1.03 bits per heavy atom. The molecule has 0 aliphatic carbocycles. The van der Waals surface area contributed by atoms with Crippen LogP contribution in [0.2, 0.25) is 0 Å². The summed E-state index contributed by atoms with van der Waals surface area (Å²) < 4.78 is 81.6. The van der Waals surface area contributed by atoms with Crippen LogP contribution in [0.4, 0.5) is 37.7 Å². The van der Waals surface area contributed by atoms with Gasteiger partial charge in [0.15, 0.2) is 0 Å². The smallest absolute Gasteiger partial charge is 0.416 e. The van der Waals surface area contributed by atoms with Gasteiger partial charge in [-0.05, 0) is 48.5 Å². The van der Waals surface area contributed by atoms with Crippen LogP contribution in [0.5, 0.6) is 0 Å². The summed E-state index contributed by atoms with van der Waals surface area (Å²) in [7, 11) is 0. The van der Waals surface area contributed by atoms with Crippen molar-refractivity contribution in [2.45, 2.75) is 12.4 Å². The van der Waals surface area contributed by atoms with E-state index in [1.807, 2.05) is 0 Å². The number of furan rings is 1. The first kappa shape index (κ1) is 20.4. The molecule has 2 aromatic carbocycles. The van der Waals surface area contributed by atoms with Crippen LogP contribution < -0.4 is 0 Å². The van der Waals surface area contributed by atoms with Gasteiger partial charge in [-0.3, -0.25) is 9.98 Å². The van der Waals surface area contributed by atoms with Gasteiger partial charge in [-0.15, -0.1) is 0 Å². The van der Waals surface area contributed by atoms with Crippen molar-refractivity contribution >= 4 is 23.8 Å². The fourth-order valence-electron chi connectivity index (χ4n) is 2.31. The van der Waals surface area contributed by atoms with Crippen LogP contribution in [-0.4, -0.2) is 12.4 Å². The molecule has 0 radical (unpaired) electrons. The number of nitrogens with zero attached hydrogens (tertiary/aromatic N) is 2. The molecule has 3 aromatic rings. The first-order valence-corrected chi connectivity index (χ1v) is 8.14. The summed E-state index contributed by atoms with van der Waals surface area (Å²) in [4.78, 5) is 7.87. The van der Waals surface area contributed by atoms with Crippen molar-refractivity contribution < 1.29 is 30.8 Å². The van der Waals surface area contributed by atoms with E-state index in [-0.39, 0.29) is 22.9 Å². The third-order valence-corrected chi connectivity index (χ3v) is 3.68. The second-order valence-corrected chi connectivity index (χ2v) is 5.85. The molecule has 0 bridgehead atoms. The Morgan fingerprint density at radius 1 is 0.621 bits per heavy atom. The lowest BCUT2D eigenvalue weighted by Crippen LogP contribution is -2.03. The minimum atomic E-state index is -4.47. The third kappa shape index (κ3) is 5.56. The predicted octanol–water partition coefficient (Wildman–Crippen LogP) is 6.82. The molecule has 0 saturated carbocycles. The van der Waals surface area contributed by atoms with Crippen molar-refractivity contribution in [1.29, 1.82) is 0 Å². The molecule has 150 valence electrons. The normalized spacial score (nSPS) is 12.9. The van der Waals surface area contributed by atoms with Crippen molar-refractivity contribution in [3.05, 3.63) is 83.3 Å². The van der Waals surface area contributed by atoms with Gasteiger partial charge in [0.1, 0.15) is 11.5 Å². The average molecular weight is 410 g/mol. The Kier molecular flexibility index (Phi) is 5.58. The number of hydrogen-bond acceptors (Lipinski definition) is 3. The van der Waals surface area contributed by atoms with Crippen molar-refractivity contribution in [3.63, 3.8) is 0 Å². The van der Waals surface area contributed by atoms with Gasteiger partial charge >= 0.3 is 12.4 Å². The summed E-state index contributed by atoms with van der Waals surface area (Å²) in [5.41, 5.74) is -1.45. The van der Waals surface area contributed by atoms with E-state index in [2.05, 4.69) is 9.98 Å². The van der Waals surface area contributed by atoms with Gasteiger partial charge in [0.25, 0.3) is 0 Å². The van der Waals surface area contributed by atoms with Crippen molar-refractivity contribution in [2.75, 3.05) is 0 Å². The van der Waals surface area contributed by atoms with Crippen LogP contribution >= 0.6 is 0 Å². The third-order valence-electron chi connectivity index (χ3n) is 3.68. The summed E-state index contributed by atoms with van der Waals surface area (Å²) in [6.45, 7) is 0. The van der Waals surface area contributed by atoms with Gasteiger partial charge in [0, 0.05) is 0 Å². The molecule has 0 unspecified atom stereocenters. The molecule has 1 heterocycles. The van der Waals surface area contributed by atoms with Crippen LogP contribution in [0, 0.1) is 0 Å². The van der Waals surface area contributed by atoms with E-state index < -0.39 is 23.5 Å². The summed E-state index contributed by atoms with van der Waals surface area (Å²) in [5, 5.41) is 0. The first-order valence-electron chi connectivity index (χ1n) is 8.14. The van der Waals surface area contributed by atoms with E-state index in [9.17, 15) is 26.3 Å². The van der Waals surface area contributed by atoms with Crippen LogP contribution in [0.15, 0.2) is 75.1 Å². The Bertz CT molecular complexity index is 965. The summed E-state index contributed by atoms with van der Waals surface area (Å²) >= 11 is 0. The molecular weight excluding hydrogens is 398 g/mol. The first-order chi connectivity index (χ1) is 13.6. The molecule has 0 amide bonds. The molecule has 0 fully saturated rings. The number of rotatable bonds is 4. The maximum absolute atomic E-state index is 12.7. The van der Waals surface area contributed by atoms with Crippen LogP contribution in [0.25, 0.3) is 0 Å². The van der Waals surface area contributed by atoms with Crippen molar-refractivity contribution in [3.8, 4) is 0 Å². The highest BCUT2D eigenvalue weighted by atomic mass is 19.4. The lowest BCUT2D eigenvalue weighted by molar-refractivity contribution is -0.138. The van der Waals surface area contributed by atoms with Gasteiger partial charge in [-0.1, -0.05) is 12.1 Å². The van der Waals surface area contributed by atoms with E-state index >= 15 is 0 Å². The van der Waals surface area contributed by atoms with Crippen LogP contribution in [0.3, 0.4) is 0 Å². The SMILES string of the molecule is FC(F)(F)c1cccc(N=Cc2ccc(C=Nc3cccc(C(F)(F)F)c3)o2)c1. The molecule has 0 aliphatic heterocycles. The maximum atomic E-state index is 12.7. The minimum absolute atomic E-state index is 0.0930. The van der Waals surface area contributed by atoms with Crippen LogP contribution in [-0.2, 0) is 12.4 Å². The minimum Gasteiger partial charge on any atom is -0.454 e. The molecule has 0 spiro atoms. The molecule has 9 heteroatoms. The lowest BCUT2D eigenvalue weighted by Gasteiger charge is -2.06. The lowest BCUT2D eigenvalue weighted by atomic mass is 10.2. The van der Waals surface area contributed by atoms with Gasteiger partial charge in [-0.2, -0.15) is 26.3 Å². The fourth-order valence-corrected chi connectivity index (χ4v) is 2.31. The Balaban J connectivity index is 1.72. The van der Waals surface area contributed by atoms with Crippen molar-refractivity contribution in [2.24, 2.45) is 9.98 Å². The zero-order valence-corrected chi connectivity index (χ0v) is 14.5. The molecule has 0 N–H and O–H groups in total. The van der Waals surface area contributed by atoms with Gasteiger partial charge in [-0.25, -0.2) is 0 Å². The zero-order chi connectivity index (χ0) is 21.1. The molecule has 1 aromatic heterocycles. The quantitative estimate of drug-likeness (QED) is 0.344. The topological polar surface area (TPSA) is 37.9 Å². The highest BCUT2D eigenvalue weighted by Gasteiger charge is 2.31. The number of hydrogen-bond donors (Lipinski definition) is 0. The summed E-state index contributed by atoms with van der Waals surface area (Å²) in [5.74, 6) is 0.487. The van der Waals surface area contributed by atoms with Gasteiger partial charge < -0.3 is 4.42 Å². The van der Waals surface area contributed by atoms with Crippen molar-refractivity contribution in [1.82, 2.24) is 0 Å². The average Bonchev–Trinajstić information content (AvgIpc) is 3.12. The fraction of sp³-hybridized carbons (Fsp3) is 0.100. The van der Waals surface area contributed by atoms with E-state index in [0.29, 0.717) is 0 Å². The molecule has 3 rings (SSSR count). The van der Waals surface area contributed by atoms with E-state index in [4.69, 9.17) is 4.42 Å². The highest BCUT2D eigenvalue weighted by Crippen LogP contribution is 2.32. The summed E-state index contributed by atoms with van der Waals surface area (Å²) in [6, 6.07) is 12.0. The number of benzene rings is 2. The Labute approximate surface area is 161 Å².